The van der Waals surface area contributed by atoms with Crippen LogP contribution in [0.1, 0.15) is 35.2 Å². The number of rotatable bonds is 6. The number of anilines is 1. The fourth-order valence-electron chi connectivity index (χ4n) is 4.79. The molecule has 1 fully saturated rings. The van der Waals surface area contributed by atoms with Gasteiger partial charge in [-0.15, -0.1) is 0 Å². The van der Waals surface area contributed by atoms with E-state index in [2.05, 4.69) is 4.98 Å². The largest absolute Gasteiger partial charge is 0.492 e. The Balaban J connectivity index is 1.23. The van der Waals surface area contributed by atoms with Crippen molar-refractivity contribution in [3.63, 3.8) is 0 Å². The average molecular weight is 492 g/mol. The first kappa shape index (κ1) is 23.2. The Labute approximate surface area is 208 Å². The van der Waals surface area contributed by atoms with E-state index in [1.165, 1.54) is 4.90 Å². The van der Waals surface area contributed by atoms with Gasteiger partial charge in [-0.1, -0.05) is 35.9 Å². The van der Waals surface area contributed by atoms with E-state index in [9.17, 15) is 9.59 Å². The molecule has 5 rings (SSSR count). The molecule has 0 aliphatic carbocycles. The quantitative estimate of drug-likeness (QED) is 0.476. The molecule has 0 atom stereocenters. The zero-order chi connectivity index (χ0) is 24.4. The van der Waals surface area contributed by atoms with Crippen molar-refractivity contribution in [2.24, 2.45) is 5.92 Å². The number of carboxylic acid groups (broad SMARTS) is 1. The zero-order valence-corrected chi connectivity index (χ0v) is 19.9. The summed E-state index contributed by atoms with van der Waals surface area (Å²) >= 11 is 6.28. The van der Waals surface area contributed by atoms with Crippen molar-refractivity contribution in [1.82, 2.24) is 9.88 Å². The maximum absolute atomic E-state index is 13.0. The molecule has 1 saturated heterocycles. The van der Waals surface area contributed by atoms with Gasteiger partial charge in [-0.2, -0.15) is 0 Å². The summed E-state index contributed by atoms with van der Waals surface area (Å²) in [6.07, 6.45) is 5.26. The monoisotopic (exact) mass is 491 g/mol. The summed E-state index contributed by atoms with van der Waals surface area (Å²) in [6.45, 7) is 2.23. The maximum atomic E-state index is 13.0. The predicted molar refractivity (Wildman–Crippen MR) is 134 cm³/mol. The molecule has 2 aliphatic heterocycles. The molecular weight excluding hydrogens is 466 g/mol. The van der Waals surface area contributed by atoms with Crippen LogP contribution in [0.4, 0.5) is 10.5 Å². The maximum Gasteiger partial charge on any atom is 0.407 e. The number of amides is 2. The smallest absolute Gasteiger partial charge is 0.407 e. The molecule has 1 N–H and O–H groups in total. The third-order valence-electron chi connectivity index (χ3n) is 6.77. The summed E-state index contributed by atoms with van der Waals surface area (Å²) in [6, 6.07) is 15.3. The van der Waals surface area contributed by atoms with E-state index in [1.54, 1.807) is 23.4 Å². The Morgan fingerprint density at radius 3 is 2.66 bits per heavy atom. The molecule has 0 saturated carbocycles. The highest BCUT2D eigenvalue weighted by molar-refractivity contribution is 6.35. The van der Waals surface area contributed by atoms with Crippen molar-refractivity contribution < 1.29 is 19.4 Å². The van der Waals surface area contributed by atoms with E-state index < -0.39 is 6.09 Å². The number of pyridine rings is 1. The highest BCUT2D eigenvalue weighted by atomic mass is 35.5. The van der Waals surface area contributed by atoms with E-state index in [0.717, 1.165) is 41.6 Å². The number of carbonyl (C=O) groups excluding carboxylic acids is 1. The van der Waals surface area contributed by atoms with Crippen LogP contribution in [0.5, 0.6) is 5.75 Å². The number of fused-ring (bicyclic) bond motifs is 1. The number of carbonyl (C=O) groups is 2. The number of likely N-dealkylation sites (tertiary alicyclic amines) is 1. The molecule has 2 amide bonds. The molecule has 2 aliphatic rings. The molecule has 180 valence electrons. The number of piperidine rings is 1. The van der Waals surface area contributed by atoms with Gasteiger partial charge in [0.1, 0.15) is 5.75 Å². The number of nitrogens with zero attached hydrogens (tertiary/aromatic N) is 3. The Kier molecular flexibility index (Phi) is 6.59. The Morgan fingerprint density at radius 1 is 1.09 bits per heavy atom. The van der Waals surface area contributed by atoms with Crippen molar-refractivity contribution in [3.8, 4) is 16.9 Å². The van der Waals surface area contributed by atoms with Gasteiger partial charge in [-0.05, 0) is 60.6 Å². The van der Waals surface area contributed by atoms with Crippen LogP contribution >= 0.6 is 11.6 Å². The van der Waals surface area contributed by atoms with Gasteiger partial charge in [0.2, 0.25) is 0 Å². The van der Waals surface area contributed by atoms with E-state index in [-0.39, 0.29) is 5.91 Å². The minimum atomic E-state index is -0.839. The van der Waals surface area contributed by atoms with E-state index in [0.29, 0.717) is 48.5 Å². The minimum Gasteiger partial charge on any atom is -0.492 e. The molecule has 0 unspecified atom stereocenters. The first-order valence-electron chi connectivity index (χ1n) is 11.7. The summed E-state index contributed by atoms with van der Waals surface area (Å²) < 4.78 is 5.98. The first-order valence-corrected chi connectivity index (χ1v) is 12.1. The SMILES string of the molecule is O=C(O)N1CCC(CCOc2cncc(-c3cccc(N4Cc5cccc(Cl)c5C4=O)c3)c2)CC1. The predicted octanol–water partition coefficient (Wildman–Crippen LogP) is 5.72. The van der Waals surface area contributed by atoms with Gasteiger partial charge < -0.3 is 19.6 Å². The van der Waals surface area contributed by atoms with Crippen molar-refractivity contribution in [2.45, 2.75) is 25.8 Å². The van der Waals surface area contributed by atoms with Crippen LogP contribution in [0.2, 0.25) is 5.02 Å². The Hall–Kier alpha value is -3.58. The lowest BCUT2D eigenvalue weighted by Crippen LogP contribution is -2.37. The van der Waals surface area contributed by atoms with E-state index >= 15 is 0 Å². The Bertz CT molecular complexity index is 1260. The first-order chi connectivity index (χ1) is 17.0. The lowest BCUT2D eigenvalue weighted by molar-refractivity contribution is 0.0996. The van der Waals surface area contributed by atoms with Gasteiger partial charge in [-0.25, -0.2) is 4.79 Å². The molecule has 8 heteroatoms. The zero-order valence-electron chi connectivity index (χ0n) is 19.2. The third kappa shape index (κ3) is 4.95. The van der Waals surface area contributed by atoms with Gasteiger partial charge in [0, 0.05) is 30.5 Å². The van der Waals surface area contributed by atoms with Gasteiger partial charge in [0.05, 0.1) is 29.9 Å². The van der Waals surface area contributed by atoms with Crippen LogP contribution in [0.3, 0.4) is 0 Å². The van der Waals surface area contributed by atoms with Gasteiger partial charge in [-0.3, -0.25) is 9.78 Å². The molecule has 0 bridgehead atoms. The standard InChI is InChI=1S/C27H26ClN3O4/c28-24-6-2-4-20-17-31(26(32)25(20)24)22-5-1-3-19(13-22)21-14-23(16-29-15-21)35-12-9-18-7-10-30(11-8-18)27(33)34/h1-6,13-16,18H,7-12,17H2,(H,33,34). The Morgan fingerprint density at radius 2 is 1.89 bits per heavy atom. The number of halogens is 1. The molecule has 3 aromatic rings. The second-order valence-corrected chi connectivity index (χ2v) is 9.38. The number of ether oxygens (including phenoxy) is 1. The third-order valence-corrected chi connectivity index (χ3v) is 7.09. The summed E-state index contributed by atoms with van der Waals surface area (Å²) in [5.41, 5.74) is 4.15. The van der Waals surface area contributed by atoms with Crippen LogP contribution in [0.15, 0.2) is 60.9 Å². The van der Waals surface area contributed by atoms with Gasteiger partial charge in [0.25, 0.3) is 5.91 Å². The van der Waals surface area contributed by atoms with Crippen LogP contribution in [0, 0.1) is 5.92 Å². The molecule has 0 radical (unpaired) electrons. The molecule has 1 aromatic heterocycles. The topological polar surface area (TPSA) is 83.0 Å². The number of benzene rings is 2. The van der Waals surface area contributed by atoms with Crippen molar-refractivity contribution in [3.05, 3.63) is 77.1 Å². The normalized spacial score (nSPS) is 15.9. The van der Waals surface area contributed by atoms with Crippen molar-refractivity contribution >= 4 is 29.3 Å². The summed E-state index contributed by atoms with van der Waals surface area (Å²) in [7, 11) is 0. The fourth-order valence-corrected chi connectivity index (χ4v) is 5.07. The second kappa shape index (κ2) is 9.96. The van der Waals surface area contributed by atoms with Gasteiger partial charge >= 0.3 is 6.09 Å². The summed E-state index contributed by atoms with van der Waals surface area (Å²) in [5, 5.41) is 9.56. The highest BCUT2D eigenvalue weighted by Crippen LogP contribution is 2.34. The van der Waals surface area contributed by atoms with E-state index in [1.807, 2.05) is 42.5 Å². The number of hydrogen-bond acceptors (Lipinski definition) is 4. The highest BCUT2D eigenvalue weighted by Gasteiger charge is 2.30. The lowest BCUT2D eigenvalue weighted by atomic mass is 9.94. The average Bonchev–Trinajstić information content (AvgIpc) is 3.22. The minimum absolute atomic E-state index is 0.0906. The van der Waals surface area contributed by atoms with Crippen LogP contribution in [-0.2, 0) is 6.54 Å². The second-order valence-electron chi connectivity index (χ2n) is 8.98. The van der Waals surface area contributed by atoms with Crippen LogP contribution in [-0.4, -0.2) is 46.7 Å². The molecule has 7 nitrogen and oxygen atoms in total. The van der Waals surface area contributed by atoms with Gasteiger partial charge in [0.15, 0.2) is 0 Å². The molecule has 2 aromatic carbocycles. The van der Waals surface area contributed by atoms with Crippen molar-refractivity contribution in [1.29, 1.82) is 0 Å². The van der Waals surface area contributed by atoms with Crippen molar-refractivity contribution in [2.75, 3.05) is 24.6 Å². The number of hydrogen-bond donors (Lipinski definition) is 1. The summed E-state index contributed by atoms with van der Waals surface area (Å²) in [4.78, 5) is 31.6. The van der Waals surface area contributed by atoms with Crippen LogP contribution < -0.4 is 9.64 Å². The molecule has 3 heterocycles. The fraction of sp³-hybridized carbons (Fsp3) is 0.296. The van der Waals surface area contributed by atoms with Crippen LogP contribution in [0.25, 0.3) is 11.1 Å². The van der Waals surface area contributed by atoms with E-state index in [4.69, 9.17) is 21.4 Å². The lowest BCUT2D eigenvalue weighted by Gasteiger charge is -2.29. The number of aromatic nitrogens is 1. The molecular formula is C27H26ClN3O4. The summed E-state index contributed by atoms with van der Waals surface area (Å²) in [5.74, 6) is 1.06. The molecule has 35 heavy (non-hydrogen) atoms. The molecule has 0 spiro atoms.